The average molecular weight is 255 g/mol. The zero-order valence-corrected chi connectivity index (χ0v) is 9.92. The molecule has 2 rings (SSSR count). The summed E-state index contributed by atoms with van der Waals surface area (Å²) in [5.41, 5.74) is 1.24. The summed E-state index contributed by atoms with van der Waals surface area (Å²) in [5, 5.41) is 3.53. The lowest BCUT2D eigenvalue weighted by Crippen LogP contribution is -2.27. The molecule has 1 heterocycles. The Morgan fingerprint density at radius 1 is 1.57 bits per heavy atom. The van der Waals surface area contributed by atoms with E-state index in [9.17, 15) is 0 Å². The Kier molecular flexibility index (Phi) is 3.19. The zero-order valence-electron chi connectivity index (χ0n) is 8.33. The number of nitrogens with zero attached hydrogens (tertiary/aromatic N) is 1. The summed E-state index contributed by atoms with van der Waals surface area (Å²) >= 11 is 3.42. The second-order valence-electron chi connectivity index (χ2n) is 4.02. The van der Waals surface area contributed by atoms with Gasteiger partial charge in [0.2, 0.25) is 0 Å². The lowest BCUT2D eigenvalue weighted by atomic mass is 10.2. The van der Waals surface area contributed by atoms with E-state index in [1.165, 1.54) is 18.4 Å². The highest BCUT2D eigenvalue weighted by atomic mass is 79.9. The number of aromatic nitrogens is 1. The van der Waals surface area contributed by atoms with Crippen LogP contribution in [0.25, 0.3) is 0 Å². The van der Waals surface area contributed by atoms with Crippen molar-refractivity contribution < 1.29 is 0 Å². The fourth-order valence-electron chi connectivity index (χ4n) is 1.59. The molecule has 76 valence electrons. The van der Waals surface area contributed by atoms with Crippen molar-refractivity contribution in [1.29, 1.82) is 0 Å². The first kappa shape index (κ1) is 10.1. The van der Waals surface area contributed by atoms with Crippen LogP contribution in [0.3, 0.4) is 0 Å². The van der Waals surface area contributed by atoms with Gasteiger partial charge in [-0.15, -0.1) is 0 Å². The second kappa shape index (κ2) is 4.41. The standard InChI is InChI=1S/C11H15BrN2/c1-8(10-2-3-10)14-6-9-4-11(12)7-13-5-9/h4-5,7-8,10,14H,2-3,6H2,1H3. The number of halogens is 1. The van der Waals surface area contributed by atoms with Crippen molar-refractivity contribution in [2.45, 2.75) is 32.4 Å². The Bertz CT molecular complexity index is 310. The van der Waals surface area contributed by atoms with Gasteiger partial charge in [-0.2, -0.15) is 0 Å². The number of rotatable bonds is 4. The third kappa shape index (κ3) is 2.79. The minimum absolute atomic E-state index is 0.647. The molecule has 1 N–H and O–H groups in total. The first-order valence-electron chi connectivity index (χ1n) is 5.08. The third-order valence-electron chi connectivity index (χ3n) is 2.72. The highest BCUT2D eigenvalue weighted by molar-refractivity contribution is 9.10. The van der Waals surface area contributed by atoms with Crippen molar-refractivity contribution in [2.75, 3.05) is 0 Å². The van der Waals surface area contributed by atoms with Gasteiger partial charge in [-0.3, -0.25) is 4.98 Å². The van der Waals surface area contributed by atoms with Gasteiger partial charge in [-0.05, 0) is 53.2 Å². The molecule has 0 saturated heterocycles. The molecule has 0 aliphatic heterocycles. The van der Waals surface area contributed by atoms with E-state index < -0.39 is 0 Å². The van der Waals surface area contributed by atoms with Crippen LogP contribution >= 0.6 is 15.9 Å². The van der Waals surface area contributed by atoms with Gasteiger partial charge in [-0.25, -0.2) is 0 Å². The molecule has 0 amide bonds. The van der Waals surface area contributed by atoms with Crippen molar-refractivity contribution in [3.8, 4) is 0 Å². The van der Waals surface area contributed by atoms with Crippen LogP contribution in [0.5, 0.6) is 0 Å². The van der Waals surface area contributed by atoms with E-state index in [1.807, 2.05) is 12.4 Å². The van der Waals surface area contributed by atoms with Crippen LogP contribution in [0.1, 0.15) is 25.3 Å². The van der Waals surface area contributed by atoms with Crippen molar-refractivity contribution in [3.63, 3.8) is 0 Å². The van der Waals surface area contributed by atoms with E-state index in [0.29, 0.717) is 6.04 Å². The van der Waals surface area contributed by atoms with Gasteiger partial charge in [0.25, 0.3) is 0 Å². The molecule has 0 radical (unpaired) electrons. The average Bonchev–Trinajstić information content (AvgIpc) is 2.97. The fourth-order valence-corrected chi connectivity index (χ4v) is 2.01. The Labute approximate surface area is 93.3 Å². The molecule has 1 aliphatic carbocycles. The van der Waals surface area contributed by atoms with Crippen molar-refractivity contribution in [1.82, 2.24) is 10.3 Å². The first-order valence-corrected chi connectivity index (χ1v) is 5.88. The lowest BCUT2D eigenvalue weighted by Gasteiger charge is -2.12. The molecule has 3 heteroatoms. The molecule has 1 aliphatic rings. The van der Waals surface area contributed by atoms with Crippen LogP contribution < -0.4 is 5.32 Å². The predicted octanol–water partition coefficient (Wildman–Crippen LogP) is 2.73. The van der Waals surface area contributed by atoms with Crippen molar-refractivity contribution >= 4 is 15.9 Å². The number of nitrogens with one attached hydrogen (secondary N) is 1. The van der Waals surface area contributed by atoms with Crippen molar-refractivity contribution in [2.24, 2.45) is 5.92 Å². The second-order valence-corrected chi connectivity index (χ2v) is 4.93. The molecule has 1 fully saturated rings. The predicted molar refractivity (Wildman–Crippen MR) is 61.0 cm³/mol. The minimum Gasteiger partial charge on any atom is -0.310 e. The maximum atomic E-state index is 4.14. The molecular weight excluding hydrogens is 240 g/mol. The van der Waals surface area contributed by atoms with Crippen molar-refractivity contribution in [3.05, 3.63) is 28.5 Å². The van der Waals surface area contributed by atoms with Crippen LogP contribution in [-0.2, 0) is 6.54 Å². The maximum Gasteiger partial charge on any atom is 0.0410 e. The Balaban J connectivity index is 1.84. The van der Waals surface area contributed by atoms with E-state index in [4.69, 9.17) is 0 Å². The topological polar surface area (TPSA) is 24.9 Å². The van der Waals surface area contributed by atoms with Crippen LogP contribution in [0, 0.1) is 5.92 Å². The molecule has 0 bridgehead atoms. The lowest BCUT2D eigenvalue weighted by molar-refractivity contribution is 0.496. The Morgan fingerprint density at radius 2 is 2.36 bits per heavy atom. The third-order valence-corrected chi connectivity index (χ3v) is 3.15. The quantitative estimate of drug-likeness (QED) is 0.894. The van der Waals surface area contributed by atoms with Gasteiger partial charge in [0.1, 0.15) is 0 Å². The molecule has 14 heavy (non-hydrogen) atoms. The summed E-state index contributed by atoms with van der Waals surface area (Å²) in [4.78, 5) is 4.14. The number of hydrogen-bond donors (Lipinski definition) is 1. The largest absolute Gasteiger partial charge is 0.310 e. The van der Waals surface area contributed by atoms with Gasteiger partial charge in [0.15, 0.2) is 0 Å². The Morgan fingerprint density at radius 3 is 3.00 bits per heavy atom. The Hall–Kier alpha value is -0.410. The van der Waals surface area contributed by atoms with Gasteiger partial charge in [-0.1, -0.05) is 0 Å². The molecule has 1 aromatic heterocycles. The molecule has 1 aromatic rings. The zero-order chi connectivity index (χ0) is 9.97. The summed E-state index contributed by atoms with van der Waals surface area (Å²) in [7, 11) is 0. The van der Waals surface area contributed by atoms with E-state index in [0.717, 1.165) is 16.9 Å². The number of pyridine rings is 1. The van der Waals surface area contributed by atoms with E-state index in [1.54, 1.807) is 0 Å². The highest BCUT2D eigenvalue weighted by Gasteiger charge is 2.27. The van der Waals surface area contributed by atoms with Crippen LogP contribution in [0.4, 0.5) is 0 Å². The summed E-state index contributed by atoms with van der Waals surface area (Å²) in [6.45, 7) is 3.19. The fraction of sp³-hybridized carbons (Fsp3) is 0.545. The molecule has 0 spiro atoms. The monoisotopic (exact) mass is 254 g/mol. The summed E-state index contributed by atoms with van der Waals surface area (Å²) in [6, 6.07) is 2.76. The van der Waals surface area contributed by atoms with Crippen LogP contribution in [0.15, 0.2) is 22.9 Å². The summed E-state index contributed by atoms with van der Waals surface area (Å²) < 4.78 is 1.05. The van der Waals surface area contributed by atoms with Crippen LogP contribution in [-0.4, -0.2) is 11.0 Å². The molecule has 0 aromatic carbocycles. The van der Waals surface area contributed by atoms with E-state index in [2.05, 4.69) is 39.2 Å². The van der Waals surface area contributed by atoms with Crippen LogP contribution in [0.2, 0.25) is 0 Å². The van der Waals surface area contributed by atoms with Gasteiger partial charge in [0.05, 0.1) is 0 Å². The molecule has 1 saturated carbocycles. The molecule has 1 unspecified atom stereocenters. The first-order chi connectivity index (χ1) is 6.75. The minimum atomic E-state index is 0.647. The maximum absolute atomic E-state index is 4.14. The van der Waals surface area contributed by atoms with Gasteiger partial charge in [0, 0.05) is 29.5 Å². The van der Waals surface area contributed by atoms with E-state index in [-0.39, 0.29) is 0 Å². The van der Waals surface area contributed by atoms with E-state index >= 15 is 0 Å². The molecule has 1 atom stereocenters. The molecular formula is C11H15BrN2. The normalized spacial score (nSPS) is 18.1. The number of hydrogen-bond acceptors (Lipinski definition) is 2. The van der Waals surface area contributed by atoms with Gasteiger partial charge >= 0.3 is 0 Å². The highest BCUT2D eigenvalue weighted by Crippen LogP contribution is 2.32. The summed E-state index contributed by atoms with van der Waals surface area (Å²) in [6.07, 6.45) is 6.51. The summed E-state index contributed by atoms with van der Waals surface area (Å²) in [5.74, 6) is 0.912. The SMILES string of the molecule is CC(NCc1cncc(Br)c1)C1CC1. The smallest absolute Gasteiger partial charge is 0.0410 e. The van der Waals surface area contributed by atoms with Gasteiger partial charge < -0.3 is 5.32 Å². The molecule has 2 nitrogen and oxygen atoms in total.